The molecule has 8 nitrogen and oxygen atoms in total. The minimum absolute atomic E-state index is 0.121. The Labute approximate surface area is 249 Å². The molecule has 2 aliphatic heterocycles. The molecule has 0 N–H and O–H groups in total. The SMILES string of the molecule is C=CCOc1c(I)cc(/C=c2\sc3n(c2=O)[C@H](c2ccc4c(c2)OCO4)C(C(=O)OCC)=C(C)N=3)cc1I. The topological polar surface area (TPSA) is 88.3 Å². The number of aromatic nitrogens is 1. The van der Waals surface area contributed by atoms with Crippen molar-refractivity contribution >= 4 is 68.6 Å². The van der Waals surface area contributed by atoms with Crippen molar-refractivity contribution < 1.29 is 23.7 Å². The minimum Gasteiger partial charge on any atom is -0.487 e. The molecular weight excluding hydrogens is 734 g/mol. The highest BCUT2D eigenvalue weighted by molar-refractivity contribution is 14.1. The first-order chi connectivity index (χ1) is 18.3. The summed E-state index contributed by atoms with van der Waals surface area (Å²) < 4.78 is 26.1. The van der Waals surface area contributed by atoms with Gasteiger partial charge >= 0.3 is 5.97 Å². The fourth-order valence-electron chi connectivity index (χ4n) is 4.28. The summed E-state index contributed by atoms with van der Waals surface area (Å²) in [5, 5.41) is 0. The van der Waals surface area contributed by atoms with Crippen LogP contribution >= 0.6 is 56.5 Å². The van der Waals surface area contributed by atoms with Gasteiger partial charge < -0.3 is 18.9 Å². The maximum absolute atomic E-state index is 13.9. The van der Waals surface area contributed by atoms with E-state index in [1.807, 2.05) is 24.3 Å². The van der Waals surface area contributed by atoms with Crippen molar-refractivity contribution in [3.05, 3.63) is 92.2 Å². The van der Waals surface area contributed by atoms with E-state index in [2.05, 4.69) is 56.8 Å². The summed E-state index contributed by atoms with van der Waals surface area (Å²) >= 11 is 5.72. The van der Waals surface area contributed by atoms with Crippen LogP contribution < -0.4 is 29.1 Å². The van der Waals surface area contributed by atoms with Crippen LogP contribution in [0.15, 0.2) is 64.0 Å². The van der Waals surface area contributed by atoms with Gasteiger partial charge in [-0.15, -0.1) is 0 Å². The maximum atomic E-state index is 13.9. The van der Waals surface area contributed by atoms with E-state index in [1.54, 1.807) is 36.6 Å². The van der Waals surface area contributed by atoms with Crippen molar-refractivity contribution in [2.45, 2.75) is 19.9 Å². The quantitative estimate of drug-likeness (QED) is 0.203. The molecule has 1 aromatic heterocycles. The summed E-state index contributed by atoms with van der Waals surface area (Å²) in [5.41, 5.74) is 2.13. The van der Waals surface area contributed by atoms with Crippen molar-refractivity contribution in [1.82, 2.24) is 4.57 Å². The Morgan fingerprint density at radius 1 is 1.24 bits per heavy atom. The average Bonchev–Trinajstić information content (AvgIpc) is 3.46. The molecule has 0 bridgehead atoms. The number of carbonyl (C=O) groups is 1. The Morgan fingerprint density at radius 3 is 2.68 bits per heavy atom. The molecular formula is C27H22I2N2O6S. The van der Waals surface area contributed by atoms with Crippen LogP contribution in [0.25, 0.3) is 6.08 Å². The van der Waals surface area contributed by atoms with Crippen molar-refractivity contribution in [1.29, 1.82) is 0 Å². The zero-order valence-electron chi connectivity index (χ0n) is 20.5. The van der Waals surface area contributed by atoms with Crippen LogP contribution in [0.1, 0.15) is 31.0 Å². The summed E-state index contributed by atoms with van der Waals surface area (Å²) in [6, 6.07) is 8.62. The number of halogens is 2. The van der Waals surface area contributed by atoms with Gasteiger partial charge in [0.25, 0.3) is 5.56 Å². The lowest BCUT2D eigenvalue weighted by Crippen LogP contribution is -2.39. The first-order valence-corrected chi connectivity index (χ1v) is 14.6. The smallest absolute Gasteiger partial charge is 0.338 e. The lowest BCUT2D eigenvalue weighted by molar-refractivity contribution is -0.139. The molecule has 0 amide bonds. The van der Waals surface area contributed by atoms with Crippen molar-refractivity contribution in [2.75, 3.05) is 20.0 Å². The minimum atomic E-state index is -0.725. The van der Waals surface area contributed by atoms with Gasteiger partial charge in [-0.2, -0.15) is 0 Å². The third kappa shape index (κ3) is 5.02. The number of rotatable bonds is 7. The summed E-state index contributed by atoms with van der Waals surface area (Å²) in [7, 11) is 0. The Balaban J connectivity index is 1.66. The monoisotopic (exact) mass is 756 g/mol. The highest BCUT2D eigenvalue weighted by atomic mass is 127. The highest BCUT2D eigenvalue weighted by Crippen LogP contribution is 2.38. The van der Waals surface area contributed by atoms with Crippen LogP contribution in [-0.2, 0) is 9.53 Å². The van der Waals surface area contributed by atoms with Gasteiger partial charge in [0.2, 0.25) is 6.79 Å². The largest absolute Gasteiger partial charge is 0.487 e. The van der Waals surface area contributed by atoms with E-state index in [4.69, 9.17) is 18.9 Å². The van der Waals surface area contributed by atoms with Gasteiger partial charge in [-0.1, -0.05) is 30.1 Å². The lowest BCUT2D eigenvalue weighted by atomic mass is 9.95. The molecule has 2 aromatic carbocycles. The van der Waals surface area contributed by atoms with Crippen LogP contribution in [0.5, 0.6) is 17.2 Å². The van der Waals surface area contributed by atoms with Crippen LogP contribution in [0.4, 0.5) is 0 Å². The number of nitrogens with zero attached hydrogens (tertiary/aromatic N) is 2. The van der Waals surface area contributed by atoms with E-state index in [0.717, 1.165) is 18.5 Å². The van der Waals surface area contributed by atoms with E-state index in [9.17, 15) is 9.59 Å². The maximum Gasteiger partial charge on any atom is 0.338 e. The summed E-state index contributed by atoms with van der Waals surface area (Å²) in [4.78, 5) is 32.1. The number of hydrogen-bond acceptors (Lipinski definition) is 8. The van der Waals surface area contributed by atoms with E-state index < -0.39 is 12.0 Å². The number of allylic oxidation sites excluding steroid dienone is 1. The van der Waals surface area contributed by atoms with Gasteiger partial charge in [-0.3, -0.25) is 9.36 Å². The first kappa shape index (κ1) is 26.9. The predicted molar refractivity (Wildman–Crippen MR) is 161 cm³/mol. The fourth-order valence-corrected chi connectivity index (χ4v) is 7.46. The lowest BCUT2D eigenvalue weighted by Gasteiger charge is -2.24. The molecule has 1 atom stereocenters. The zero-order valence-corrected chi connectivity index (χ0v) is 25.6. The van der Waals surface area contributed by atoms with Gasteiger partial charge in [0, 0.05) is 0 Å². The molecule has 0 saturated heterocycles. The van der Waals surface area contributed by atoms with E-state index in [1.165, 1.54) is 11.3 Å². The van der Waals surface area contributed by atoms with Crippen LogP contribution in [-0.4, -0.2) is 30.5 Å². The molecule has 0 unspecified atom stereocenters. The molecule has 3 heterocycles. The van der Waals surface area contributed by atoms with Gasteiger partial charge in [0.05, 0.1) is 35.6 Å². The molecule has 0 fully saturated rings. The Bertz CT molecular complexity index is 1650. The second-order valence-electron chi connectivity index (χ2n) is 8.33. The van der Waals surface area contributed by atoms with Crippen LogP contribution in [0.2, 0.25) is 0 Å². The Kier molecular flexibility index (Phi) is 7.95. The van der Waals surface area contributed by atoms with E-state index >= 15 is 0 Å². The second kappa shape index (κ2) is 11.2. The van der Waals surface area contributed by atoms with Crippen molar-refractivity contribution in [3.8, 4) is 17.2 Å². The summed E-state index contributed by atoms with van der Waals surface area (Å²) in [6.07, 6.45) is 3.54. The summed E-state index contributed by atoms with van der Waals surface area (Å²) in [6.45, 7) is 7.94. The average molecular weight is 756 g/mol. The molecule has 5 rings (SSSR count). The number of esters is 1. The van der Waals surface area contributed by atoms with Crippen LogP contribution in [0.3, 0.4) is 0 Å². The highest BCUT2D eigenvalue weighted by Gasteiger charge is 2.34. The third-order valence-electron chi connectivity index (χ3n) is 5.89. The predicted octanol–water partition coefficient (Wildman–Crippen LogP) is 4.30. The number of fused-ring (bicyclic) bond motifs is 2. The zero-order chi connectivity index (χ0) is 27.0. The number of benzene rings is 2. The van der Waals surface area contributed by atoms with E-state index in [0.29, 0.717) is 44.3 Å². The van der Waals surface area contributed by atoms with Gasteiger partial charge in [-0.25, -0.2) is 9.79 Å². The molecule has 0 spiro atoms. The van der Waals surface area contributed by atoms with Gasteiger partial charge in [0.1, 0.15) is 12.4 Å². The second-order valence-corrected chi connectivity index (χ2v) is 11.7. The molecule has 11 heteroatoms. The Morgan fingerprint density at radius 2 is 1.97 bits per heavy atom. The fraction of sp³-hybridized carbons (Fsp3) is 0.222. The van der Waals surface area contributed by atoms with Gasteiger partial charge in [-0.05, 0) is 100 Å². The number of carbonyl (C=O) groups excluding carboxylic acids is 1. The number of ether oxygens (including phenoxy) is 4. The number of hydrogen-bond donors (Lipinski definition) is 0. The van der Waals surface area contributed by atoms with Crippen molar-refractivity contribution in [2.24, 2.45) is 4.99 Å². The summed E-state index contributed by atoms with van der Waals surface area (Å²) in [5.74, 6) is 1.45. The van der Waals surface area contributed by atoms with Crippen molar-refractivity contribution in [3.63, 3.8) is 0 Å². The third-order valence-corrected chi connectivity index (χ3v) is 8.48. The molecule has 2 aliphatic rings. The molecule has 196 valence electrons. The molecule has 3 aromatic rings. The standard InChI is InChI=1S/C27H22I2N2O6S/c1-4-8-35-24-17(28)9-15(10-18(24)29)11-21-25(32)31-23(16-6-7-19-20(12-16)37-13-36-19)22(26(33)34-5-2)14(3)30-27(31)38-21/h4,6-7,9-12,23H,1,5,8,13H2,2-3H3/b21-11-/t23-/m1/s1. The Hall–Kier alpha value is -2.65. The number of thiazole rings is 1. The molecule has 0 aliphatic carbocycles. The van der Waals surface area contributed by atoms with Gasteiger partial charge in [0.15, 0.2) is 16.3 Å². The normalized spacial score (nSPS) is 16.2. The molecule has 0 radical (unpaired) electrons. The van der Waals surface area contributed by atoms with Crippen LogP contribution in [0, 0.1) is 7.14 Å². The van der Waals surface area contributed by atoms with E-state index in [-0.39, 0.29) is 19.0 Å². The molecule has 38 heavy (non-hydrogen) atoms. The first-order valence-electron chi connectivity index (χ1n) is 11.6. The molecule has 0 saturated carbocycles.